The van der Waals surface area contributed by atoms with Gasteiger partial charge in [0.1, 0.15) is 6.61 Å². The Morgan fingerprint density at radius 1 is 1.38 bits per heavy atom. The zero-order chi connectivity index (χ0) is 11.1. The van der Waals surface area contributed by atoms with Gasteiger partial charge < -0.3 is 15.6 Å². The number of halogens is 1. The molecule has 5 heteroatoms. The molecule has 0 heterocycles. The molecule has 0 aliphatic rings. The van der Waals surface area contributed by atoms with Crippen LogP contribution in [0.15, 0.2) is 30.3 Å². The van der Waals surface area contributed by atoms with Gasteiger partial charge in [0, 0.05) is 6.54 Å². The summed E-state index contributed by atoms with van der Waals surface area (Å²) in [5, 5.41) is 9.10. The number of ether oxygens (including phenoxy) is 1. The van der Waals surface area contributed by atoms with E-state index in [1.807, 2.05) is 30.3 Å². The molecule has 1 aromatic rings. The number of hydrogen-bond acceptors (Lipinski definition) is 4. The number of aliphatic hydroxyl groups excluding tert-OH is 1. The summed E-state index contributed by atoms with van der Waals surface area (Å²) in [4.78, 5) is 11.1. The van der Waals surface area contributed by atoms with E-state index < -0.39 is 12.1 Å². The Hall–Kier alpha value is -1.10. The molecule has 0 saturated carbocycles. The number of aliphatic hydroxyl groups is 1. The van der Waals surface area contributed by atoms with Crippen LogP contribution in [0.1, 0.15) is 12.0 Å². The van der Waals surface area contributed by atoms with E-state index >= 15 is 0 Å². The molecule has 0 aliphatic carbocycles. The van der Waals surface area contributed by atoms with Crippen molar-refractivity contribution in [2.24, 2.45) is 5.73 Å². The molecule has 1 atom stereocenters. The quantitative estimate of drug-likeness (QED) is 0.755. The van der Waals surface area contributed by atoms with E-state index in [1.54, 1.807) is 0 Å². The molecule has 0 bridgehead atoms. The van der Waals surface area contributed by atoms with E-state index in [4.69, 9.17) is 15.6 Å². The highest BCUT2D eigenvalue weighted by molar-refractivity contribution is 5.85. The van der Waals surface area contributed by atoms with Crippen molar-refractivity contribution in [1.82, 2.24) is 0 Å². The fourth-order valence-electron chi connectivity index (χ4n) is 1.07. The minimum absolute atomic E-state index is 0. The summed E-state index contributed by atoms with van der Waals surface area (Å²) in [6.45, 7) is 0.303. The van der Waals surface area contributed by atoms with Gasteiger partial charge in [0.05, 0.1) is 12.5 Å². The summed E-state index contributed by atoms with van der Waals surface area (Å²) < 4.78 is 4.95. The molecule has 0 fully saturated rings. The van der Waals surface area contributed by atoms with Crippen molar-refractivity contribution in [3.8, 4) is 0 Å². The van der Waals surface area contributed by atoms with Gasteiger partial charge in [0.25, 0.3) is 0 Å². The normalized spacial score (nSPS) is 11.4. The Balaban J connectivity index is 0.00000225. The molecule has 3 N–H and O–H groups in total. The molecule has 1 aromatic carbocycles. The van der Waals surface area contributed by atoms with Crippen molar-refractivity contribution < 1.29 is 14.6 Å². The van der Waals surface area contributed by atoms with Crippen molar-refractivity contribution >= 4 is 18.4 Å². The number of rotatable bonds is 5. The third-order valence-corrected chi connectivity index (χ3v) is 1.92. The lowest BCUT2D eigenvalue weighted by Gasteiger charge is -2.07. The van der Waals surface area contributed by atoms with Crippen molar-refractivity contribution in [3.05, 3.63) is 35.9 Å². The van der Waals surface area contributed by atoms with Crippen LogP contribution < -0.4 is 5.73 Å². The predicted molar refractivity (Wildman–Crippen MR) is 63.2 cm³/mol. The van der Waals surface area contributed by atoms with E-state index in [0.29, 0.717) is 0 Å². The Bertz CT molecular complexity index is 305. The van der Waals surface area contributed by atoms with Gasteiger partial charge in [-0.3, -0.25) is 4.79 Å². The zero-order valence-electron chi connectivity index (χ0n) is 8.83. The van der Waals surface area contributed by atoms with Gasteiger partial charge in [-0.05, 0) is 5.56 Å². The minimum atomic E-state index is -0.812. The van der Waals surface area contributed by atoms with Crippen LogP contribution in [0.2, 0.25) is 0 Å². The summed E-state index contributed by atoms with van der Waals surface area (Å²) in [5.74, 6) is -0.434. The van der Waals surface area contributed by atoms with E-state index in [-0.39, 0.29) is 32.0 Å². The molecule has 16 heavy (non-hydrogen) atoms. The average molecular weight is 246 g/mol. The second kappa shape index (κ2) is 8.10. The van der Waals surface area contributed by atoms with Crippen LogP contribution in [0, 0.1) is 0 Å². The molecule has 0 amide bonds. The predicted octanol–water partition coefficient (Wildman–Crippen LogP) is 0.861. The highest BCUT2D eigenvalue weighted by Gasteiger charge is 2.09. The first-order chi connectivity index (χ1) is 7.22. The summed E-state index contributed by atoms with van der Waals surface area (Å²) in [6.07, 6.45) is -0.864. The fraction of sp³-hybridized carbons (Fsp3) is 0.364. The van der Waals surface area contributed by atoms with Gasteiger partial charge in [-0.1, -0.05) is 30.3 Å². The van der Waals surface area contributed by atoms with Crippen molar-refractivity contribution in [3.63, 3.8) is 0 Å². The number of benzene rings is 1. The lowest BCUT2D eigenvalue weighted by Crippen LogP contribution is -2.24. The van der Waals surface area contributed by atoms with Gasteiger partial charge >= 0.3 is 5.97 Å². The summed E-state index contributed by atoms with van der Waals surface area (Å²) in [5.41, 5.74) is 6.09. The molecule has 1 rings (SSSR count). The number of carbonyl (C=O) groups is 1. The first-order valence-corrected chi connectivity index (χ1v) is 4.80. The van der Waals surface area contributed by atoms with Crippen molar-refractivity contribution in [1.29, 1.82) is 0 Å². The van der Waals surface area contributed by atoms with E-state index in [0.717, 1.165) is 5.56 Å². The second-order valence-electron chi connectivity index (χ2n) is 3.24. The standard InChI is InChI=1S/C11H15NO3.ClH/c12-7-10(13)6-11(14)15-8-9-4-2-1-3-5-9;/h1-5,10,13H,6-8,12H2;1H. The van der Waals surface area contributed by atoms with Crippen molar-refractivity contribution in [2.75, 3.05) is 6.54 Å². The molecule has 0 aromatic heterocycles. The second-order valence-corrected chi connectivity index (χ2v) is 3.24. The molecule has 1 unspecified atom stereocenters. The van der Waals surface area contributed by atoms with Crippen LogP contribution in [0.3, 0.4) is 0 Å². The van der Waals surface area contributed by atoms with E-state index in [9.17, 15) is 4.79 Å². The highest BCUT2D eigenvalue weighted by atomic mass is 35.5. The fourth-order valence-corrected chi connectivity index (χ4v) is 1.07. The zero-order valence-corrected chi connectivity index (χ0v) is 9.65. The van der Waals surface area contributed by atoms with E-state index in [1.165, 1.54) is 0 Å². The maximum Gasteiger partial charge on any atom is 0.308 e. The van der Waals surface area contributed by atoms with E-state index in [2.05, 4.69) is 0 Å². The summed E-state index contributed by atoms with van der Waals surface area (Å²) >= 11 is 0. The molecule has 0 spiro atoms. The van der Waals surface area contributed by atoms with Crippen LogP contribution >= 0.6 is 12.4 Å². The lowest BCUT2D eigenvalue weighted by atomic mass is 10.2. The number of carbonyl (C=O) groups excluding carboxylic acids is 1. The largest absolute Gasteiger partial charge is 0.461 e. The maximum absolute atomic E-state index is 11.1. The Kier molecular flexibility index (Phi) is 7.54. The molecule has 0 aliphatic heterocycles. The summed E-state index contributed by atoms with van der Waals surface area (Å²) in [6, 6.07) is 9.37. The average Bonchev–Trinajstić information content (AvgIpc) is 2.27. The number of hydrogen-bond donors (Lipinski definition) is 2. The molecule has 0 radical (unpaired) electrons. The van der Waals surface area contributed by atoms with Gasteiger partial charge in [-0.15, -0.1) is 12.4 Å². The molecule has 0 saturated heterocycles. The van der Waals surface area contributed by atoms with Crippen LogP contribution in [-0.4, -0.2) is 23.7 Å². The molecular weight excluding hydrogens is 230 g/mol. The SMILES string of the molecule is Cl.NCC(O)CC(=O)OCc1ccccc1. The monoisotopic (exact) mass is 245 g/mol. The van der Waals surface area contributed by atoms with Gasteiger partial charge in [0.15, 0.2) is 0 Å². The number of nitrogens with two attached hydrogens (primary N) is 1. The first kappa shape index (κ1) is 14.9. The van der Waals surface area contributed by atoms with Crippen LogP contribution in [0.4, 0.5) is 0 Å². The summed E-state index contributed by atoms with van der Waals surface area (Å²) in [7, 11) is 0. The molecule has 90 valence electrons. The lowest BCUT2D eigenvalue weighted by molar-refractivity contribution is -0.147. The smallest absolute Gasteiger partial charge is 0.308 e. The Morgan fingerprint density at radius 3 is 2.56 bits per heavy atom. The maximum atomic E-state index is 11.1. The van der Waals surface area contributed by atoms with Crippen LogP contribution in [0.25, 0.3) is 0 Å². The van der Waals surface area contributed by atoms with Gasteiger partial charge in [0.2, 0.25) is 0 Å². The van der Waals surface area contributed by atoms with Crippen LogP contribution in [0.5, 0.6) is 0 Å². The molecule has 4 nitrogen and oxygen atoms in total. The van der Waals surface area contributed by atoms with Gasteiger partial charge in [-0.25, -0.2) is 0 Å². The molecular formula is C11H16ClNO3. The Labute approximate surface area is 101 Å². The highest BCUT2D eigenvalue weighted by Crippen LogP contribution is 2.02. The van der Waals surface area contributed by atoms with Crippen molar-refractivity contribution in [2.45, 2.75) is 19.1 Å². The minimum Gasteiger partial charge on any atom is -0.461 e. The Morgan fingerprint density at radius 2 is 2.00 bits per heavy atom. The van der Waals surface area contributed by atoms with Gasteiger partial charge in [-0.2, -0.15) is 0 Å². The topological polar surface area (TPSA) is 72.5 Å². The third kappa shape index (κ3) is 5.70. The van der Waals surface area contributed by atoms with Crippen LogP contribution in [-0.2, 0) is 16.1 Å². The number of esters is 1. The first-order valence-electron chi connectivity index (χ1n) is 4.80. The third-order valence-electron chi connectivity index (χ3n) is 1.92.